The highest BCUT2D eigenvalue weighted by atomic mass is 32.2. The number of anilines is 1. The summed E-state index contributed by atoms with van der Waals surface area (Å²) in [6.07, 6.45) is 2.46. The molecule has 8 nitrogen and oxygen atoms in total. The number of carbonyl (C=O) groups excluding carboxylic acids is 2. The van der Waals surface area contributed by atoms with Crippen molar-refractivity contribution in [3.8, 4) is 5.75 Å². The van der Waals surface area contributed by atoms with Crippen LogP contribution in [0.5, 0.6) is 5.75 Å². The van der Waals surface area contributed by atoms with Crippen LogP contribution in [-0.2, 0) is 24.3 Å². The molecule has 11 heteroatoms. The van der Waals surface area contributed by atoms with Gasteiger partial charge < -0.3 is 14.8 Å². The average molecular weight is 468 g/mol. The van der Waals surface area contributed by atoms with E-state index in [4.69, 9.17) is 4.74 Å². The van der Waals surface area contributed by atoms with Crippen molar-refractivity contribution in [3.05, 3.63) is 59.7 Å². The molecular weight excluding hydrogens is 446 g/mol. The first-order chi connectivity index (χ1) is 15.0. The number of sulfonamides is 1. The molecule has 1 N–H and O–H groups in total. The van der Waals surface area contributed by atoms with Gasteiger partial charge in [0.2, 0.25) is 10.0 Å². The molecule has 0 aromatic heterocycles. The Morgan fingerprint density at radius 3 is 2.38 bits per heavy atom. The van der Waals surface area contributed by atoms with Crippen LogP contribution < -0.4 is 10.1 Å². The summed E-state index contributed by atoms with van der Waals surface area (Å²) in [6, 6.07) is 9.87. The molecule has 0 bridgehead atoms. The number of benzene rings is 2. The van der Waals surface area contributed by atoms with E-state index in [-0.39, 0.29) is 16.3 Å². The Hall–Kier alpha value is -3.31. The smallest absolute Gasteiger partial charge is 0.387 e. The van der Waals surface area contributed by atoms with E-state index in [2.05, 4.69) is 10.1 Å². The molecule has 0 fully saturated rings. The van der Waals surface area contributed by atoms with Gasteiger partial charge >= 0.3 is 12.6 Å². The van der Waals surface area contributed by atoms with Gasteiger partial charge in [0.25, 0.3) is 5.91 Å². The van der Waals surface area contributed by atoms with Crippen molar-refractivity contribution < 1.29 is 36.3 Å². The second-order valence-corrected chi connectivity index (χ2v) is 8.85. The first-order valence-corrected chi connectivity index (χ1v) is 10.7. The number of ether oxygens (including phenoxy) is 2. The van der Waals surface area contributed by atoms with Gasteiger partial charge in [0.1, 0.15) is 5.75 Å². The van der Waals surface area contributed by atoms with Crippen molar-refractivity contribution in [1.29, 1.82) is 0 Å². The minimum Gasteiger partial charge on any atom is -0.452 e. The average Bonchev–Trinajstić information content (AvgIpc) is 2.72. The van der Waals surface area contributed by atoms with Gasteiger partial charge in [-0.25, -0.2) is 17.5 Å². The normalized spacial score (nSPS) is 11.7. The minimum absolute atomic E-state index is 0.00768. The summed E-state index contributed by atoms with van der Waals surface area (Å²) in [6.45, 7) is -1.83. The lowest BCUT2D eigenvalue weighted by Crippen LogP contribution is -2.23. The quantitative estimate of drug-likeness (QED) is 0.448. The summed E-state index contributed by atoms with van der Waals surface area (Å²) in [5, 5.41) is 2.51. The number of rotatable bonds is 9. The van der Waals surface area contributed by atoms with E-state index < -0.39 is 35.1 Å². The number of nitrogens with one attached hydrogen (secondary N) is 1. The van der Waals surface area contributed by atoms with E-state index in [1.807, 2.05) is 0 Å². The monoisotopic (exact) mass is 468 g/mol. The third kappa shape index (κ3) is 7.13. The number of hydrogen-bond donors (Lipinski definition) is 1. The molecule has 0 atom stereocenters. The number of nitrogens with zero attached hydrogens (tertiary/aromatic N) is 1. The topological polar surface area (TPSA) is 102 Å². The highest BCUT2D eigenvalue weighted by Gasteiger charge is 2.19. The van der Waals surface area contributed by atoms with E-state index in [1.54, 1.807) is 13.0 Å². The number of halogens is 2. The molecule has 2 rings (SSSR count). The maximum absolute atomic E-state index is 12.2. The number of aryl methyl sites for hydroxylation is 1. The minimum atomic E-state index is -3.68. The van der Waals surface area contributed by atoms with Gasteiger partial charge in [-0.1, -0.05) is 18.2 Å². The molecule has 0 aliphatic rings. The number of carbonyl (C=O) groups is 2. The van der Waals surface area contributed by atoms with Gasteiger partial charge in [0.15, 0.2) is 6.61 Å². The van der Waals surface area contributed by atoms with Crippen molar-refractivity contribution in [2.45, 2.75) is 18.4 Å². The second kappa shape index (κ2) is 10.8. The van der Waals surface area contributed by atoms with Gasteiger partial charge in [-0.3, -0.25) is 4.79 Å². The van der Waals surface area contributed by atoms with Crippen LogP contribution in [0.1, 0.15) is 11.1 Å². The lowest BCUT2D eigenvalue weighted by molar-refractivity contribution is -0.142. The molecule has 0 saturated heterocycles. The summed E-state index contributed by atoms with van der Waals surface area (Å²) >= 11 is 0. The Balaban J connectivity index is 1.93. The Labute approximate surface area is 184 Å². The zero-order valence-electron chi connectivity index (χ0n) is 17.5. The number of hydrogen-bond acceptors (Lipinski definition) is 6. The SMILES string of the molecule is Cc1ccc(S(=O)(=O)N(C)C)cc1NC(=O)COC(=O)/C=C/c1ccc(OC(F)F)cc1. The van der Waals surface area contributed by atoms with Crippen molar-refractivity contribution in [1.82, 2.24) is 4.31 Å². The van der Waals surface area contributed by atoms with Gasteiger partial charge in [0.05, 0.1) is 4.90 Å². The second-order valence-electron chi connectivity index (χ2n) is 6.70. The lowest BCUT2D eigenvalue weighted by atomic mass is 10.2. The van der Waals surface area contributed by atoms with Gasteiger partial charge in [0, 0.05) is 25.9 Å². The fourth-order valence-electron chi connectivity index (χ4n) is 2.40. The molecule has 32 heavy (non-hydrogen) atoms. The van der Waals surface area contributed by atoms with Crippen LogP contribution in [0.25, 0.3) is 6.08 Å². The van der Waals surface area contributed by atoms with Crippen molar-refractivity contribution in [3.63, 3.8) is 0 Å². The van der Waals surface area contributed by atoms with Gasteiger partial charge in [-0.2, -0.15) is 8.78 Å². The number of alkyl halides is 2. The molecule has 0 saturated carbocycles. The van der Waals surface area contributed by atoms with Crippen molar-refractivity contribution in [2.75, 3.05) is 26.0 Å². The van der Waals surface area contributed by atoms with Crippen LogP contribution in [0, 0.1) is 6.92 Å². The zero-order chi connectivity index (χ0) is 23.9. The van der Waals surface area contributed by atoms with Crippen LogP contribution >= 0.6 is 0 Å². The molecule has 172 valence electrons. The largest absolute Gasteiger partial charge is 0.452 e. The van der Waals surface area contributed by atoms with Crippen molar-refractivity contribution in [2.24, 2.45) is 0 Å². The molecule has 1 amide bonds. The highest BCUT2D eigenvalue weighted by Crippen LogP contribution is 2.22. The molecule has 2 aromatic carbocycles. The van der Waals surface area contributed by atoms with Crippen LogP contribution in [-0.4, -0.2) is 51.9 Å². The molecule has 0 heterocycles. The van der Waals surface area contributed by atoms with Gasteiger partial charge in [-0.15, -0.1) is 0 Å². The maximum atomic E-state index is 12.2. The fourth-order valence-corrected chi connectivity index (χ4v) is 3.33. The number of esters is 1. The molecular formula is C21H22F2N2O6S. The van der Waals surface area contributed by atoms with Crippen LogP contribution in [0.4, 0.5) is 14.5 Å². The van der Waals surface area contributed by atoms with Crippen LogP contribution in [0.2, 0.25) is 0 Å². The third-order valence-electron chi connectivity index (χ3n) is 4.12. The highest BCUT2D eigenvalue weighted by molar-refractivity contribution is 7.89. The molecule has 0 unspecified atom stereocenters. The molecule has 0 aliphatic heterocycles. The van der Waals surface area contributed by atoms with E-state index >= 15 is 0 Å². The molecule has 2 aromatic rings. The summed E-state index contributed by atoms with van der Waals surface area (Å²) in [4.78, 5) is 23.9. The Bertz CT molecular complexity index is 1100. The van der Waals surface area contributed by atoms with Gasteiger partial charge in [-0.05, 0) is 48.4 Å². The molecule has 0 aliphatic carbocycles. The first-order valence-electron chi connectivity index (χ1n) is 9.22. The predicted octanol–water partition coefficient (Wildman–Crippen LogP) is 3.04. The predicted molar refractivity (Wildman–Crippen MR) is 114 cm³/mol. The fraction of sp³-hybridized carbons (Fsp3) is 0.238. The van der Waals surface area contributed by atoms with E-state index in [9.17, 15) is 26.8 Å². The Morgan fingerprint density at radius 1 is 1.12 bits per heavy atom. The standard InChI is InChI=1S/C21H22F2N2O6S/c1-14-4-10-17(32(28,29)25(2)3)12-18(14)24-19(26)13-30-20(27)11-7-15-5-8-16(9-6-15)31-21(22)23/h4-12,21H,13H2,1-3H3,(H,24,26)/b11-7+. The zero-order valence-corrected chi connectivity index (χ0v) is 18.4. The van der Waals surface area contributed by atoms with E-state index in [0.717, 1.165) is 10.4 Å². The Kier molecular flexibility index (Phi) is 8.44. The van der Waals surface area contributed by atoms with Crippen LogP contribution in [0.15, 0.2) is 53.4 Å². The summed E-state index contributed by atoms with van der Waals surface area (Å²) in [5.74, 6) is -1.47. The maximum Gasteiger partial charge on any atom is 0.387 e. The van der Waals surface area contributed by atoms with Crippen LogP contribution in [0.3, 0.4) is 0 Å². The summed E-state index contributed by atoms with van der Waals surface area (Å²) < 4.78 is 58.9. The van der Waals surface area contributed by atoms with E-state index in [0.29, 0.717) is 11.1 Å². The van der Waals surface area contributed by atoms with Crippen molar-refractivity contribution >= 4 is 33.7 Å². The van der Waals surface area contributed by atoms with E-state index in [1.165, 1.54) is 56.6 Å². The lowest BCUT2D eigenvalue weighted by Gasteiger charge is -2.14. The Morgan fingerprint density at radius 2 is 1.78 bits per heavy atom. The number of amides is 1. The summed E-state index contributed by atoms with van der Waals surface area (Å²) in [5.41, 5.74) is 1.43. The molecule has 0 radical (unpaired) electrons. The first kappa shape index (κ1) is 25.0. The summed E-state index contributed by atoms with van der Waals surface area (Å²) in [7, 11) is -0.888. The molecule has 0 spiro atoms. The third-order valence-corrected chi connectivity index (χ3v) is 5.94.